The van der Waals surface area contributed by atoms with E-state index in [0.29, 0.717) is 26.2 Å². The van der Waals surface area contributed by atoms with Gasteiger partial charge in [0.1, 0.15) is 6.10 Å². The predicted molar refractivity (Wildman–Crippen MR) is 95.2 cm³/mol. The van der Waals surface area contributed by atoms with Crippen LogP contribution in [-0.2, 0) is 20.9 Å². The first kappa shape index (κ1) is 19.4. The molecule has 1 aliphatic rings. The Morgan fingerprint density at radius 3 is 2.48 bits per heavy atom. The van der Waals surface area contributed by atoms with Crippen molar-refractivity contribution in [2.45, 2.75) is 45.4 Å². The Hall–Kier alpha value is -1.92. The monoisotopic (exact) mass is 348 g/mol. The molecule has 0 aliphatic carbocycles. The summed E-state index contributed by atoms with van der Waals surface area (Å²) in [4.78, 5) is 27.3. The molecule has 0 saturated carbocycles. The lowest BCUT2D eigenvalue weighted by atomic mass is 10.0. The summed E-state index contributed by atoms with van der Waals surface area (Å²) in [5.74, 6) is -0.793. The molecular formula is C19H28N2O4. The highest BCUT2D eigenvalue weighted by molar-refractivity contribution is 5.80. The van der Waals surface area contributed by atoms with E-state index in [1.807, 2.05) is 47.1 Å². The van der Waals surface area contributed by atoms with Gasteiger partial charge in [0, 0.05) is 19.1 Å². The Morgan fingerprint density at radius 1 is 1.28 bits per heavy atom. The number of amides is 1. The predicted octanol–water partition coefficient (Wildman–Crippen LogP) is 1.99. The molecule has 6 heteroatoms. The molecule has 0 radical (unpaired) electrons. The fraction of sp³-hybridized carbons (Fsp3) is 0.579. The third kappa shape index (κ3) is 5.83. The summed E-state index contributed by atoms with van der Waals surface area (Å²) < 4.78 is 5.71. The Labute approximate surface area is 149 Å². The van der Waals surface area contributed by atoms with Crippen molar-refractivity contribution in [3.63, 3.8) is 0 Å². The molecule has 138 valence electrons. The summed E-state index contributed by atoms with van der Waals surface area (Å²) >= 11 is 0. The fourth-order valence-electron chi connectivity index (χ4n) is 3.25. The van der Waals surface area contributed by atoms with Gasteiger partial charge in [0.25, 0.3) is 5.91 Å². The number of carboxylic acids is 1. The lowest BCUT2D eigenvalue weighted by molar-refractivity contribution is -0.146. The number of carbonyl (C=O) groups excluding carboxylic acids is 1. The van der Waals surface area contributed by atoms with Gasteiger partial charge < -0.3 is 14.7 Å². The van der Waals surface area contributed by atoms with Crippen molar-refractivity contribution in [3.05, 3.63) is 35.9 Å². The van der Waals surface area contributed by atoms with Crippen molar-refractivity contribution in [3.8, 4) is 0 Å². The number of likely N-dealkylation sites (N-methyl/N-ethyl adjacent to an activating group) is 1. The zero-order chi connectivity index (χ0) is 18.2. The van der Waals surface area contributed by atoms with Crippen LogP contribution in [0.3, 0.4) is 0 Å². The first-order chi connectivity index (χ1) is 12.0. The molecule has 1 saturated heterocycles. The van der Waals surface area contributed by atoms with E-state index in [2.05, 4.69) is 0 Å². The average molecular weight is 348 g/mol. The summed E-state index contributed by atoms with van der Waals surface area (Å²) in [7, 11) is 0. The van der Waals surface area contributed by atoms with Gasteiger partial charge >= 0.3 is 5.97 Å². The molecule has 1 N–H and O–H groups in total. The maximum Gasteiger partial charge on any atom is 0.317 e. The first-order valence-corrected chi connectivity index (χ1v) is 8.91. The van der Waals surface area contributed by atoms with Crippen molar-refractivity contribution < 1.29 is 19.4 Å². The summed E-state index contributed by atoms with van der Waals surface area (Å²) in [6.45, 7) is 6.26. The number of piperidine rings is 1. The number of carboxylic acid groups (broad SMARTS) is 1. The second-order valence-electron chi connectivity index (χ2n) is 6.45. The molecule has 1 fully saturated rings. The van der Waals surface area contributed by atoms with Crippen LogP contribution in [0.25, 0.3) is 0 Å². The molecule has 1 amide bonds. The number of carbonyl (C=O) groups is 2. The molecule has 1 atom stereocenters. The summed E-state index contributed by atoms with van der Waals surface area (Å²) in [5.41, 5.74) is 1.05. The van der Waals surface area contributed by atoms with Gasteiger partial charge in [-0.15, -0.1) is 0 Å². The molecule has 1 aromatic carbocycles. The molecule has 1 unspecified atom stereocenters. The van der Waals surface area contributed by atoms with Crippen LogP contribution in [0.5, 0.6) is 0 Å². The van der Waals surface area contributed by atoms with Crippen molar-refractivity contribution in [1.29, 1.82) is 0 Å². The highest BCUT2D eigenvalue weighted by Crippen LogP contribution is 2.18. The highest BCUT2D eigenvalue weighted by Gasteiger charge is 2.29. The molecule has 0 bridgehead atoms. The van der Waals surface area contributed by atoms with Crippen LogP contribution in [0.1, 0.15) is 32.3 Å². The molecule has 1 aromatic rings. The maximum atomic E-state index is 12.5. The van der Waals surface area contributed by atoms with Crippen molar-refractivity contribution in [2.24, 2.45) is 0 Å². The van der Waals surface area contributed by atoms with Crippen LogP contribution < -0.4 is 0 Å². The van der Waals surface area contributed by atoms with E-state index in [1.165, 1.54) is 0 Å². The highest BCUT2D eigenvalue weighted by atomic mass is 16.5. The van der Waals surface area contributed by atoms with Crippen LogP contribution in [0.15, 0.2) is 30.3 Å². The number of rotatable bonds is 8. The largest absolute Gasteiger partial charge is 0.480 e. The topological polar surface area (TPSA) is 70.1 Å². The van der Waals surface area contributed by atoms with Crippen molar-refractivity contribution in [1.82, 2.24) is 9.80 Å². The van der Waals surface area contributed by atoms with E-state index < -0.39 is 12.1 Å². The first-order valence-electron chi connectivity index (χ1n) is 8.91. The number of likely N-dealkylation sites (tertiary alicyclic amines) is 1. The number of nitrogens with zero attached hydrogens (tertiary/aromatic N) is 2. The zero-order valence-corrected chi connectivity index (χ0v) is 15.1. The van der Waals surface area contributed by atoms with Crippen LogP contribution >= 0.6 is 0 Å². The van der Waals surface area contributed by atoms with Gasteiger partial charge in [-0.25, -0.2) is 0 Å². The number of hydrogen-bond donors (Lipinski definition) is 1. The van der Waals surface area contributed by atoms with Gasteiger partial charge in [0.05, 0.1) is 13.2 Å². The Morgan fingerprint density at radius 2 is 1.92 bits per heavy atom. The van der Waals surface area contributed by atoms with Crippen LogP contribution in [0, 0.1) is 0 Å². The van der Waals surface area contributed by atoms with E-state index in [1.54, 1.807) is 6.92 Å². The van der Waals surface area contributed by atoms with E-state index in [9.17, 15) is 9.59 Å². The average Bonchev–Trinajstić information content (AvgIpc) is 2.64. The lowest BCUT2D eigenvalue weighted by Gasteiger charge is -2.38. The SMILES string of the molecule is CCN(CC(=O)O)C1CCN(C(=O)C(C)OCc2ccccc2)CC1. The third-order valence-corrected chi connectivity index (χ3v) is 4.73. The summed E-state index contributed by atoms with van der Waals surface area (Å²) in [6.07, 6.45) is 1.13. The van der Waals surface area contributed by atoms with E-state index in [0.717, 1.165) is 18.4 Å². The van der Waals surface area contributed by atoms with Crippen LogP contribution in [0.4, 0.5) is 0 Å². The van der Waals surface area contributed by atoms with Crippen LogP contribution in [0.2, 0.25) is 0 Å². The second-order valence-corrected chi connectivity index (χ2v) is 6.45. The molecule has 1 heterocycles. The Bertz CT molecular complexity index is 556. The normalized spacial score (nSPS) is 16.8. The minimum Gasteiger partial charge on any atom is -0.480 e. The smallest absolute Gasteiger partial charge is 0.317 e. The molecule has 0 aromatic heterocycles. The zero-order valence-electron chi connectivity index (χ0n) is 15.1. The maximum absolute atomic E-state index is 12.5. The van der Waals surface area contributed by atoms with Crippen molar-refractivity contribution >= 4 is 11.9 Å². The van der Waals surface area contributed by atoms with E-state index in [4.69, 9.17) is 9.84 Å². The lowest BCUT2D eigenvalue weighted by Crippen LogP contribution is -2.50. The van der Waals surface area contributed by atoms with Gasteiger partial charge in [0.15, 0.2) is 0 Å². The minimum absolute atomic E-state index is 0.00987. The Kier molecular flexibility index (Phi) is 7.40. The molecule has 0 spiro atoms. The fourth-order valence-corrected chi connectivity index (χ4v) is 3.25. The van der Waals surface area contributed by atoms with Crippen molar-refractivity contribution in [2.75, 3.05) is 26.2 Å². The third-order valence-electron chi connectivity index (χ3n) is 4.73. The standard InChI is InChI=1S/C19H28N2O4/c1-3-20(13-18(22)23)17-9-11-21(12-10-17)19(24)15(2)25-14-16-7-5-4-6-8-16/h4-8,15,17H,3,9-14H2,1-2H3,(H,22,23). The van der Waals surface area contributed by atoms with Gasteiger partial charge in [-0.05, 0) is 31.9 Å². The summed E-state index contributed by atoms with van der Waals surface area (Å²) in [6, 6.07) is 10.0. The molecule has 6 nitrogen and oxygen atoms in total. The second kappa shape index (κ2) is 9.53. The molecular weight excluding hydrogens is 320 g/mol. The molecule has 25 heavy (non-hydrogen) atoms. The van der Waals surface area contributed by atoms with Crippen LogP contribution in [-0.4, -0.2) is 65.1 Å². The van der Waals surface area contributed by atoms with E-state index in [-0.39, 0.29) is 18.5 Å². The number of ether oxygens (including phenoxy) is 1. The van der Waals surface area contributed by atoms with Gasteiger partial charge in [-0.3, -0.25) is 14.5 Å². The molecule has 2 rings (SSSR count). The van der Waals surface area contributed by atoms with Gasteiger partial charge in [-0.1, -0.05) is 37.3 Å². The van der Waals surface area contributed by atoms with Gasteiger partial charge in [-0.2, -0.15) is 0 Å². The van der Waals surface area contributed by atoms with Gasteiger partial charge in [0.2, 0.25) is 0 Å². The molecule has 1 aliphatic heterocycles. The summed E-state index contributed by atoms with van der Waals surface area (Å²) in [5, 5.41) is 8.99. The Balaban J connectivity index is 1.79. The number of aliphatic carboxylic acids is 1. The number of benzene rings is 1. The van der Waals surface area contributed by atoms with E-state index >= 15 is 0 Å². The number of hydrogen-bond acceptors (Lipinski definition) is 4. The minimum atomic E-state index is -0.803. The quantitative estimate of drug-likeness (QED) is 0.778.